The maximum absolute atomic E-state index is 13.7. The summed E-state index contributed by atoms with van der Waals surface area (Å²) < 4.78 is 60.1. The fourth-order valence-corrected chi connectivity index (χ4v) is 3.43. The fourth-order valence-electron chi connectivity index (χ4n) is 3.43. The van der Waals surface area contributed by atoms with Crippen LogP contribution in [0.1, 0.15) is 30.0 Å². The van der Waals surface area contributed by atoms with Crippen LogP contribution in [-0.4, -0.2) is 64.7 Å². The Morgan fingerprint density at radius 2 is 1.83 bits per heavy atom. The summed E-state index contributed by atoms with van der Waals surface area (Å²) in [7, 11) is 0. The maximum atomic E-state index is 13.7. The van der Waals surface area contributed by atoms with Gasteiger partial charge in [0.15, 0.2) is 11.4 Å². The number of rotatable bonds is 6. The summed E-state index contributed by atoms with van der Waals surface area (Å²) in [4.78, 5) is 14.7. The number of hydrogen-bond acceptors (Lipinski definition) is 5. The highest BCUT2D eigenvalue weighted by Crippen LogP contribution is 2.32. The summed E-state index contributed by atoms with van der Waals surface area (Å²) in [6.45, 7) is 6.65. The molecule has 3 rings (SSSR count). The van der Waals surface area contributed by atoms with Crippen molar-refractivity contribution in [1.29, 1.82) is 0 Å². The van der Waals surface area contributed by atoms with Crippen molar-refractivity contribution in [1.82, 2.24) is 25.2 Å². The maximum Gasteiger partial charge on any atom is 0.435 e. The molecule has 7 nitrogen and oxygen atoms in total. The number of aromatic nitrogens is 3. The number of nitrogens with one attached hydrogen (secondary N) is 1. The van der Waals surface area contributed by atoms with E-state index >= 15 is 0 Å². The number of hydrogen-bond donors (Lipinski definition) is 1. The normalized spacial score (nSPS) is 16.6. The van der Waals surface area contributed by atoms with Gasteiger partial charge in [-0.2, -0.15) is 13.2 Å². The smallest absolute Gasteiger partial charge is 0.379 e. The summed E-state index contributed by atoms with van der Waals surface area (Å²) in [5, 5.41) is 9.53. The number of amides is 1. The third-order valence-electron chi connectivity index (χ3n) is 4.98. The first kappa shape index (κ1) is 22.2. The summed E-state index contributed by atoms with van der Waals surface area (Å²) in [6, 6.07) is 4.22. The van der Waals surface area contributed by atoms with E-state index in [2.05, 4.69) is 20.5 Å². The molecule has 1 aromatic heterocycles. The van der Waals surface area contributed by atoms with Crippen LogP contribution in [0.3, 0.4) is 0 Å². The summed E-state index contributed by atoms with van der Waals surface area (Å²) in [5.74, 6) is -1.40. The van der Waals surface area contributed by atoms with Crippen molar-refractivity contribution in [3.05, 3.63) is 41.5 Å². The van der Waals surface area contributed by atoms with E-state index in [0.717, 1.165) is 24.3 Å². The molecular formula is C19H23F4N5O2. The SMILES string of the molecule is CC(C)C(CNC(=O)c1nnn(-c2ccc(F)cc2)c1C(F)(F)F)N1CCOCC1. The van der Waals surface area contributed by atoms with Crippen molar-refractivity contribution in [3.8, 4) is 5.69 Å². The molecule has 1 amide bonds. The Bertz CT molecular complexity index is 861. The lowest BCUT2D eigenvalue weighted by molar-refractivity contribution is -0.143. The van der Waals surface area contributed by atoms with Gasteiger partial charge in [-0.1, -0.05) is 19.1 Å². The van der Waals surface area contributed by atoms with E-state index in [1.165, 1.54) is 0 Å². The topological polar surface area (TPSA) is 72.3 Å². The van der Waals surface area contributed by atoms with Crippen molar-refractivity contribution in [2.45, 2.75) is 26.1 Å². The Kier molecular flexibility index (Phi) is 6.71. The second kappa shape index (κ2) is 9.09. The lowest BCUT2D eigenvalue weighted by Crippen LogP contribution is -2.51. The van der Waals surface area contributed by atoms with Crippen molar-refractivity contribution in [2.75, 3.05) is 32.8 Å². The number of nitrogens with zero attached hydrogens (tertiary/aromatic N) is 4. The van der Waals surface area contributed by atoms with Gasteiger partial charge < -0.3 is 10.1 Å². The zero-order chi connectivity index (χ0) is 21.9. The Morgan fingerprint density at radius 1 is 1.20 bits per heavy atom. The molecule has 1 atom stereocenters. The first-order valence-corrected chi connectivity index (χ1v) is 9.57. The van der Waals surface area contributed by atoms with Crippen LogP contribution in [0.2, 0.25) is 0 Å². The van der Waals surface area contributed by atoms with Crippen molar-refractivity contribution in [2.24, 2.45) is 5.92 Å². The molecule has 11 heteroatoms. The van der Waals surface area contributed by atoms with Gasteiger partial charge in [-0.3, -0.25) is 9.69 Å². The summed E-state index contributed by atoms with van der Waals surface area (Å²) in [6.07, 6.45) is -4.88. The quantitative estimate of drug-likeness (QED) is 0.715. The predicted molar refractivity (Wildman–Crippen MR) is 99.7 cm³/mol. The third kappa shape index (κ3) is 4.96. The number of alkyl halides is 3. The van der Waals surface area contributed by atoms with Crippen molar-refractivity contribution < 1.29 is 27.1 Å². The molecule has 30 heavy (non-hydrogen) atoms. The zero-order valence-electron chi connectivity index (χ0n) is 16.6. The van der Waals surface area contributed by atoms with Crippen molar-refractivity contribution in [3.63, 3.8) is 0 Å². The van der Waals surface area contributed by atoms with Crippen LogP contribution in [0.15, 0.2) is 24.3 Å². The van der Waals surface area contributed by atoms with E-state index in [4.69, 9.17) is 4.74 Å². The zero-order valence-corrected chi connectivity index (χ0v) is 16.6. The van der Waals surface area contributed by atoms with E-state index in [-0.39, 0.29) is 24.2 Å². The Morgan fingerprint density at radius 3 is 2.40 bits per heavy atom. The summed E-state index contributed by atoms with van der Waals surface area (Å²) in [5.41, 5.74) is -2.18. The molecule has 1 aliphatic rings. The van der Waals surface area contributed by atoms with Gasteiger partial charge in [0.2, 0.25) is 0 Å². The highest BCUT2D eigenvalue weighted by atomic mass is 19.4. The molecule has 1 fully saturated rings. The predicted octanol–water partition coefficient (Wildman–Crippen LogP) is 2.51. The first-order valence-electron chi connectivity index (χ1n) is 9.57. The Balaban J connectivity index is 1.82. The van der Waals surface area contributed by atoms with Crippen LogP contribution in [0.4, 0.5) is 17.6 Å². The number of morpholine rings is 1. The second-order valence-electron chi connectivity index (χ2n) is 7.34. The molecule has 1 saturated heterocycles. The molecule has 0 bridgehead atoms. The molecule has 164 valence electrons. The van der Waals surface area contributed by atoms with Gasteiger partial charge in [0.1, 0.15) is 5.82 Å². The number of halogens is 4. The number of carbonyl (C=O) groups excluding carboxylic acids is 1. The standard InChI is InChI=1S/C19H23F4N5O2/c1-12(2)15(27-7-9-30-10-8-27)11-24-18(29)16-17(19(21,22)23)28(26-25-16)14-5-3-13(20)4-6-14/h3-6,12,15H,7-11H2,1-2H3,(H,24,29). The lowest BCUT2D eigenvalue weighted by atomic mass is 10.0. The van der Waals surface area contributed by atoms with Gasteiger partial charge >= 0.3 is 6.18 Å². The molecule has 1 aromatic carbocycles. The average Bonchev–Trinajstić information content (AvgIpc) is 3.15. The second-order valence-corrected chi connectivity index (χ2v) is 7.34. The molecule has 0 spiro atoms. The van der Waals surface area contributed by atoms with E-state index in [9.17, 15) is 22.4 Å². The number of carbonyl (C=O) groups is 1. The Hall–Kier alpha value is -2.53. The van der Waals surface area contributed by atoms with Gasteiger partial charge in [0, 0.05) is 25.7 Å². The molecule has 0 aliphatic carbocycles. The van der Waals surface area contributed by atoms with E-state index in [1.807, 2.05) is 13.8 Å². The first-order chi connectivity index (χ1) is 14.2. The highest BCUT2D eigenvalue weighted by Gasteiger charge is 2.42. The minimum atomic E-state index is -4.88. The largest absolute Gasteiger partial charge is 0.435 e. The molecule has 0 saturated carbocycles. The van der Waals surface area contributed by atoms with Crippen LogP contribution in [-0.2, 0) is 10.9 Å². The highest BCUT2D eigenvalue weighted by molar-refractivity contribution is 5.93. The van der Waals surface area contributed by atoms with Crippen LogP contribution < -0.4 is 5.32 Å². The summed E-state index contributed by atoms with van der Waals surface area (Å²) >= 11 is 0. The lowest BCUT2D eigenvalue weighted by Gasteiger charge is -2.36. The minimum Gasteiger partial charge on any atom is -0.379 e. The molecule has 2 aromatic rings. The number of benzene rings is 1. The van der Waals surface area contributed by atoms with E-state index in [0.29, 0.717) is 31.0 Å². The van der Waals surface area contributed by atoms with Crippen LogP contribution >= 0.6 is 0 Å². The molecule has 1 unspecified atom stereocenters. The van der Waals surface area contributed by atoms with Gasteiger partial charge in [-0.05, 0) is 30.2 Å². The molecule has 1 N–H and O–H groups in total. The van der Waals surface area contributed by atoms with Crippen LogP contribution in [0.5, 0.6) is 0 Å². The molecule has 2 heterocycles. The fraction of sp³-hybridized carbons (Fsp3) is 0.526. The van der Waals surface area contributed by atoms with Gasteiger partial charge in [0.25, 0.3) is 5.91 Å². The average molecular weight is 429 g/mol. The van der Waals surface area contributed by atoms with Gasteiger partial charge in [0.05, 0.1) is 18.9 Å². The number of ether oxygens (including phenoxy) is 1. The Labute approximate surface area is 171 Å². The van der Waals surface area contributed by atoms with E-state index in [1.54, 1.807) is 0 Å². The monoisotopic (exact) mass is 429 g/mol. The van der Waals surface area contributed by atoms with E-state index < -0.39 is 29.3 Å². The minimum absolute atomic E-state index is 0.0522. The molecular weight excluding hydrogens is 406 g/mol. The van der Waals surface area contributed by atoms with Crippen LogP contribution in [0.25, 0.3) is 5.69 Å². The van der Waals surface area contributed by atoms with Gasteiger partial charge in [-0.15, -0.1) is 5.10 Å². The third-order valence-corrected chi connectivity index (χ3v) is 4.98. The molecule has 1 aliphatic heterocycles. The van der Waals surface area contributed by atoms with Crippen LogP contribution in [0, 0.1) is 11.7 Å². The van der Waals surface area contributed by atoms with Crippen molar-refractivity contribution >= 4 is 5.91 Å². The van der Waals surface area contributed by atoms with Gasteiger partial charge in [-0.25, -0.2) is 9.07 Å². The molecule has 0 radical (unpaired) electrons.